The van der Waals surface area contributed by atoms with E-state index in [2.05, 4.69) is 20.6 Å². The second-order valence-corrected chi connectivity index (χ2v) is 7.86. The highest BCUT2D eigenvalue weighted by Crippen LogP contribution is 2.34. The highest BCUT2D eigenvalue weighted by atomic mass is 19.4. The summed E-state index contributed by atoms with van der Waals surface area (Å²) in [5.74, 6) is 1.47. The molecule has 0 saturated carbocycles. The van der Waals surface area contributed by atoms with Gasteiger partial charge in [-0.3, -0.25) is 14.8 Å². The fourth-order valence-electron chi connectivity index (χ4n) is 3.61. The molecule has 2 aromatic carbocycles. The summed E-state index contributed by atoms with van der Waals surface area (Å²) in [5, 5.41) is 14.8. The number of carbonyl (C=O) groups excluding carboxylic acids is 1. The van der Waals surface area contributed by atoms with Gasteiger partial charge in [-0.2, -0.15) is 13.2 Å². The standard InChI is InChI=1S/C25H23F3N4O3/c26-25(27,28)21-13-18(6-5-17(21)15-33)32-23(34)7-4-16-2-1-3-19(12-16)35-20-8-9-29-22(14-20)24-30-10-11-31-24/h1-3,5-6,8-9,12-14,33H,4,7,10-11,15H2,(H,30,31)(H,32,34). The average Bonchev–Trinajstić information content (AvgIpc) is 3.38. The van der Waals surface area contributed by atoms with E-state index >= 15 is 0 Å². The molecule has 3 aromatic rings. The van der Waals surface area contributed by atoms with Crippen LogP contribution in [0, 0.1) is 0 Å². The number of aryl methyl sites for hydroxylation is 1. The lowest BCUT2D eigenvalue weighted by Gasteiger charge is -2.14. The van der Waals surface area contributed by atoms with Crippen molar-refractivity contribution < 1.29 is 27.8 Å². The van der Waals surface area contributed by atoms with E-state index in [0.29, 0.717) is 30.2 Å². The van der Waals surface area contributed by atoms with Gasteiger partial charge in [-0.15, -0.1) is 0 Å². The number of aliphatic hydroxyl groups is 1. The number of ether oxygens (including phenoxy) is 1. The number of amides is 1. The molecule has 1 aromatic heterocycles. The Hall–Kier alpha value is -3.92. The van der Waals surface area contributed by atoms with Gasteiger partial charge in [-0.1, -0.05) is 18.2 Å². The van der Waals surface area contributed by atoms with Crippen molar-refractivity contribution in [3.8, 4) is 11.5 Å². The largest absolute Gasteiger partial charge is 0.457 e. The van der Waals surface area contributed by atoms with Crippen LogP contribution in [0.5, 0.6) is 11.5 Å². The van der Waals surface area contributed by atoms with E-state index in [9.17, 15) is 18.0 Å². The van der Waals surface area contributed by atoms with Crippen LogP contribution in [0.25, 0.3) is 0 Å². The number of nitrogens with zero attached hydrogens (tertiary/aromatic N) is 2. The van der Waals surface area contributed by atoms with Crippen molar-refractivity contribution in [2.75, 3.05) is 18.4 Å². The number of alkyl halides is 3. The van der Waals surface area contributed by atoms with Crippen molar-refractivity contribution in [2.45, 2.75) is 25.6 Å². The Morgan fingerprint density at radius 2 is 1.94 bits per heavy atom. The average molecular weight is 484 g/mol. The number of anilines is 1. The van der Waals surface area contributed by atoms with Gasteiger partial charge in [0.25, 0.3) is 0 Å². The number of aliphatic imine (C=N–C) groups is 1. The number of benzene rings is 2. The zero-order chi connectivity index (χ0) is 24.8. The molecule has 4 rings (SSSR count). The number of rotatable bonds is 8. The topological polar surface area (TPSA) is 95.8 Å². The molecule has 182 valence electrons. The Morgan fingerprint density at radius 3 is 2.69 bits per heavy atom. The fraction of sp³-hybridized carbons (Fsp3) is 0.240. The van der Waals surface area contributed by atoms with Gasteiger partial charge in [0, 0.05) is 30.9 Å². The summed E-state index contributed by atoms with van der Waals surface area (Å²) in [7, 11) is 0. The van der Waals surface area contributed by atoms with Crippen molar-refractivity contribution in [2.24, 2.45) is 4.99 Å². The van der Waals surface area contributed by atoms with Crippen LogP contribution in [-0.4, -0.2) is 34.9 Å². The van der Waals surface area contributed by atoms with Crippen molar-refractivity contribution >= 4 is 17.4 Å². The number of pyridine rings is 1. The number of aromatic nitrogens is 1. The summed E-state index contributed by atoms with van der Waals surface area (Å²) >= 11 is 0. The van der Waals surface area contributed by atoms with Crippen molar-refractivity contribution in [1.29, 1.82) is 0 Å². The van der Waals surface area contributed by atoms with Gasteiger partial charge >= 0.3 is 6.18 Å². The Balaban J connectivity index is 1.36. The Kier molecular flexibility index (Phi) is 7.31. The van der Waals surface area contributed by atoms with Gasteiger partial charge in [-0.25, -0.2) is 0 Å². The quantitative estimate of drug-likeness (QED) is 0.443. The number of carbonyl (C=O) groups is 1. The van der Waals surface area contributed by atoms with E-state index in [-0.39, 0.29) is 17.7 Å². The van der Waals surface area contributed by atoms with Crippen LogP contribution in [0.15, 0.2) is 65.8 Å². The number of nitrogens with one attached hydrogen (secondary N) is 2. The zero-order valence-corrected chi connectivity index (χ0v) is 18.6. The molecular formula is C25H23F3N4O3. The number of hydrogen-bond acceptors (Lipinski definition) is 6. The fourth-order valence-corrected chi connectivity index (χ4v) is 3.61. The molecule has 1 amide bonds. The lowest BCUT2D eigenvalue weighted by Crippen LogP contribution is -2.20. The molecule has 2 heterocycles. The minimum Gasteiger partial charge on any atom is -0.457 e. The maximum Gasteiger partial charge on any atom is 0.416 e. The first-order valence-corrected chi connectivity index (χ1v) is 10.9. The van der Waals surface area contributed by atoms with E-state index in [1.807, 2.05) is 6.07 Å². The third-order valence-electron chi connectivity index (χ3n) is 5.29. The lowest BCUT2D eigenvalue weighted by molar-refractivity contribution is -0.138. The summed E-state index contributed by atoms with van der Waals surface area (Å²) in [4.78, 5) is 21.0. The molecular weight excluding hydrogens is 461 g/mol. The minimum absolute atomic E-state index is 0.0199. The van der Waals surface area contributed by atoms with Gasteiger partial charge in [-0.05, 0) is 47.9 Å². The third-order valence-corrected chi connectivity index (χ3v) is 5.29. The van der Waals surface area contributed by atoms with E-state index in [1.165, 1.54) is 6.07 Å². The van der Waals surface area contributed by atoms with E-state index in [0.717, 1.165) is 30.1 Å². The van der Waals surface area contributed by atoms with Gasteiger partial charge in [0.05, 0.1) is 18.7 Å². The molecule has 0 aliphatic carbocycles. The number of aliphatic hydroxyl groups excluding tert-OH is 1. The lowest BCUT2D eigenvalue weighted by atomic mass is 10.1. The van der Waals surface area contributed by atoms with Crippen LogP contribution >= 0.6 is 0 Å². The Labute approximate surface area is 199 Å². The smallest absolute Gasteiger partial charge is 0.416 e. The van der Waals surface area contributed by atoms with Gasteiger partial charge in [0.15, 0.2) is 0 Å². The first-order chi connectivity index (χ1) is 16.8. The van der Waals surface area contributed by atoms with Crippen molar-refractivity contribution in [3.05, 3.63) is 83.2 Å². The molecule has 1 aliphatic rings. The summed E-state index contributed by atoms with van der Waals surface area (Å²) in [5.41, 5.74) is 0.319. The van der Waals surface area contributed by atoms with Crippen LogP contribution in [0.4, 0.5) is 18.9 Å². The molecule has 0 spiro atoms. The Bertz CT molecular complexity index is 1240. The van der Waals surface area contributed by atoms with Crippen molar-refractivity contribution in [1.82, 2.24) is 10.3 Å². The number of amidine groups is 1. The van der Waals surface area contributed by atoms with Crippen LogP contribution in [0.3, 0.4) is 0 Å². The van der Waals surface area contributed by atoms with E-state index in [1.54, 1.807) is 36.5 Å². The molecule has 35 heavy (non-hydrogen) atoms. The maximum absolute atomic E-state index is 13.2. The van der Waals surface area contributed by atoms with Crippen LogP contribution in [0.1, 0.15) is 28.8 Å². The Morgan fingerprint density at radius 1 is 1.11 bits per heavy atom. The van der Waals surface area contributed by atoms with Gasteiger partial charge in [0.1, 0.15) is 23.0 Å². The highest BCUT2D eigenvalue weighted by Gasteiger charge is 2.33. The van der Waals surface area contributed by atoms with Crippen LogP contribution < -0.4 is 15.4 Å². The van der Waals surface area contributed by atoms with Crippen molar-refractivity contribution in [3.63, 3.8) is 0 Å². The first kappa shape index (κ1) is 24.2. The molecule has 1 aliphatic heterocycles. The maximum atomic E-state index is 13.2. The summed E-state index contributed by atoms with van der Waals surface area (Å²) < 4.78 is 45.4. The minimum atomic E-state index is -4.63. The molecule has 10 heteroatoms. The zero-order valence-electron chi connectivity index (χ0n) is 18.6. The molecule has 0 radical (unpaired) electrons. The molecule has 0 unspecified atom stereocenters. The summed E-state index contributed by atoms with van der Waals surface area (Å²) in [6, 6.07) is 14.1. The van der Waals surface area contributed by atoms with Crippen LogP contribution in [0.2, 0.25) is 0 Å². The second-order valence-electron chi connectivity index (χ2n) is 7.86. The molecule has 0 bridgehead atoms. The molecule has 7 nitrogen and oxygen atoms in total. The first-order valence-electron chi connectivity index (χ1n) is 10.9. The molecule has 0 saturated heterocycles. The van der Waals surface area contributed by atoms with E-state index in [4.69, 9.17) is 9.84 Å². The van der Waals surface area contributed by atoms with Crippen LogP contribution in [-0.2, 0) is 24.0 Å². The predicted octanol–water partition coefficient (Wildman–Crippen LogP) is 4.31. The van der Waals surface area contributed by atoms with Gasteiger partial charge in [0.2, 0.25) is 5.91 Å². The normalized spacial score (nSPS) is 13.2. The molecule has 0 fully saturated rings. The number of halogens is 3. The number of hydrogen-bond donors (Lipinski definition) is 3. The second kappa shape index (κ2) is 10.6. The summed E-state index contributed by atoms with van der Waals surface area (Å²) in [6.07, 6.45) is -2.56. The highest BCUT2D eigenvalue weighted by molar-refractivity contribution is 5.98. The monoisotopic (exact) mass is 484 g/mol. The third kappa shape index (κ3) is 6.36. The van der Waals surface area contributed by atoms with Gasteiger partial charge < -0.3 is 20.5 Å². The predicted molar refractivity (Wildman–Crippen MR) is 124 cm³/mol. The summed E-state index contributed by atoms with van der Waals surface area (Å²) in [6.45, 7) is 0.734. The molecule has 3 N–H and O–H groups in total. The SMILES string of the molecule is O=C(CCc1cccc(Oc2ccnc(C3=NCCN3)c2)c1)Nc1ccc(CO)c(C(F)(F)F)c1. The van der Waals surface area contributed by atoms with E-state index < -0.39 is 24.3 Å². The molecule has 0 atom stereocenters.